The lowest BCUT2D eigenvalue weighted by Crippen LogP contribution is -2.42. The molecule has 0 spiro atoms. The van der Waals surface area contributed by atoms with Crippen LogP contribution in [0.4, 0.5) is 4.79 Å². The van der Waals surface area contributed by atoms with E-state index in [9.17, 15) is 9.59 Å². The van der Waals surface area contributed by atoms with Gasteiger partial charge in [-0.1, -0.05) is 31.1 Å². The zero-order valence-corrected chi connectivity index (χ0v) is 12.5. The van der Waals surface area contributed by atoms with Gasteiger partial charge in [-0.15, -0.1) is 0 Å². The Kier molecular flexibility index (Phi) is 5.84. The highest BCUT2D eigenvalue weighted by Gasteiger charge is 2.14. The fourth-order valence-electron chi connectivity index (χ4n) is 2.47. The Balaban J connectivity index is 1.73. The molecule has 5 heteroatoms. The summed E-state index contributed by atoms with van der Waals surface area (Å²) in [6.45, 7) is 0.288. The van der Waals surface area contributed by atoms with Gasteiger partial charge in [-0.25, -0.2) is 4.79 Å². The second-order valence-corrected chi connectivity index (χ2v) is 5.41. The molecule has 0 radical (unpaired) electrons. The summed E-state index contributed by atoms with van der Waals surface area (Å²) in [6.07, 6.45) is 5.76. The van der Waals surface area contributed by atoms with Crippen LogP contribution in [-0.4, -0.2) is 24.5 Å². The summed E-state index contributed by atoms with van der Waals surface area (Å²) in [5.74, 6) is 5.35. The van der Waals surface area contributed by atoms with E-state index in [-0.39, 0.29) is 12.6 Å². The fraction of sp³-hybridized carbons (Fsp3) is 0.412. The van der Waals surface area contributed by atoms with Gasteiger partial charge in [0.15, 0.2) is 0 Å². The van der Waals surface area contributed by atoms with Gasteiger partial charge in [0.25, 0.3) is 0 Å². The molecule has 0 saturated heterocycles. The smallest absolute Gasteiger partial charge is 0.315 e. The number of nitrogens with two attached hydrogens (primary N) is 1. The quantitative estimate of drug-likeness (QED) is 0.743. The zero-order chi connectivity index (χ0) is 15.8. The minimum absolute atomic E-state index is 0.162. The number of nitrogens with one attached hydrogen (secondary N) is 2. The first-order valence-electron chi connectivity index (χ1n) is 7.58. The van der Waals surface area contributed by atoms with Crippen molar-refractivity contribution < 1.29 is 9.59 Å². The topological polar surface area (TPSA) is 84.2 Å². The highest BCUT2D eigenvalue weighted by molar-refractivity contribution is 5.92. The van der Waals surface area contributed by atoms with Crippen molar-refractivity contribution in [1.82, 2.24) is 10.6 Å². The molecule has 0 bridgehead atoms. The molecule has 2 rings (SSSR count). The maximum atomic E-state index is 11.7. The number of hydrogen-bond acceptors (Lipinski definition) is 2. The highest BCUT2D eigenvalue weighted by Crippen LogP contribution is 2.16. The van der Waals surface area contributed by atoms with Crippen molar-refractivity contribution in [3.8, 4) is 11.8 Å². The lowest BCUT2D eigenvalue weighted by molar-refractivity contribution is 0.1000. The molecular weight excluding hydrogens is 278 g/mol. The first kappa shape index (κ1) is 15.9. The monoisotopic (exact) mass is 299 g/mol. The Bertz CT molecular complexity index is 578. The third-order valence-electron chi connectivity index (χ3n) is 3.68. The summed E-state index contributed by atoms with van der Waals surface area (Å²) in [4.78, 5) is 22.6. The number of hydrogen-bond donors (Lipinski definition) is 3. The van der Waals surface area contributed by atoms with Crippen LogP contribution >= 0.6 is 0 Å². The molecule has 5 nitrogen and oxygen atoms in total. The van der Waals surface area contributed by atoms with Crippen molar-refractivity contribution in [2.75, 3.05) is 6.54 Å². The van der Waals surface area contributed by atoms with Crippen LogP contribution in [0.15, 0.2) is 24.3 Å². The Morgan fingerprint density at radius 3 is 2.45 bits per heavy atom. The van der Waals surface area contributed by atoms with Gasteiger partial charge in [-0.05, 0) is 37.1 Å². The van der Waals surface area contributed by atoms with Crippen LogP contribution in [-0.2, 0) is 0 Å². The van der Waals surface area contributed by atoms with E-state index >= 15 is 0 Å². The number of rotatable bonds is 3. The Hall–Kier alpha value is -2.48. The number of carbonyl (C=O) groups is 2. The van der Waals surface area contributed by atoms with Gasteiger partial charge in [-0.2, -0.15) is 0 Å². The first-order valence-corrected chi connectivity index (χ1v) is 7.58. The summed E-state index contributed by atoms with van der Waals surface area (Å²) in [7, 11) is 0. The van der Waals surface area contributed by atoms with Crippen LogP contribution in [0.2, 0.25) is 0 Å². The lowest BCUT2D eigenvalue weighted by atomic mass is 9.96. The molecule has 0 unspecified atom stereocenters. The molecule has 3 amide bonds. The van der Waals surface area contributed by atoms with Crippen molar-refractivity contribution >= 4 is 11.9 Å². The van der Waals surface area contributed by atoms with Gasteiger partial charge < -0.3 is 16.4 Å². The SMILES string of the molecule is NC(=O)c1ccc(C#CCNC(=O)NC2CCCCC2)cc1. The number of carbonyl (C=O) groups excluding carboxylic acids is 2. The lowest BCUT2D eigenvalue weighted by Gasteiger charge is -2.22. The second-order valence-electron chi connectivity index (χ2n) is 5.41. The van der Waals surface area contributed by atoms with Crippen molar-refractivity contribution in [2.24, 2.45) is 5.73 Å². The number of amides is 3. The number of urea groups is 1. The average molecular weight is 299 g/mol. The van der Waals surface area contributed by atoms with Crippen LogP contribution in [0, 0.1) is 11.8 Å². The van der Waals surface area contributed by atoms with Gasteiger partial charge >= 0.3 is 6.03 Å². The third-order valence-corrected chi connectivity index (χ3v) is 3.68. The summed E-state index contributed by atoms with van der Waals surface area (Å²) in [5.41, 5.74) is 6.40. The maximum Gasteiger partial charge on any atom is 0.315 e. The number of primary amides is 1. The minimum Gasteiger partial charge on any atom is -0.366 e. The Labute approximate surface area is 130 Å². The highest BCUT2D eigenvalue weighted by atomic mass is 16.2. The molecule has 4 N–H and O–H groups in total. The van der Waals surface area contributed by atoms with E-state index in [1.165, 1.54) is 19.3 Å². The molecule has 0 aliphatic heterocycles. The average Bonchev–Trinajstić information content (AvgIpc) is 2.53. The summed E-state index contributed by atoms with van der Waals surface area (Å²) < 4.78 is 0. The molecule has 0 atom stereocenters. The molecule has 1 fully saturated rings. The predicted octanol–water partition coefficient (Wildman–Crippen LogP) is 1.77. The van der Waals surface area contributed by atoms with E-state index in [0.717, 1.165) is 18.4 Å². The molecular formula is C17H21N3O2. The van der Waals surface area contributed by atoms with Gasteiger partial charge in [0.05, 0.1) is 6.54 Å². The van der Waals surface area contributed by atoms with Gasteiger partial charge in [0.1, 0.15) is 0 Å². The molecule has 1 aliphatic carbocycles. The van der Waals surface area contributed by atoms with Crippen LogP contribution in [0.25, 0.3) is 0 Å². The Morgan fingerprint density at radius 1 is 1.14 bits per heavy atom. The minimum atomic E-state index is -0.458. The van der Waals surface area contributed by atoms with E-state index in [2.05, 4.69) is 22.5 Å². The van der Waals surface area contributed by atoms with Crippen LogP contribution < -0.4 is 16.4 Å². The number of benzene rings is 1. The second kappa shape index (κ2) is 8.08. The maximum absolute atomic E-state index is 11.7. The normalized spacial score (nSPS) is 14.5. The zero-order valence-electron chi connectivity index (χ0n) is 12.5. The van der Waals surface area contributed by atoms with Crippen LogP contribution in [0.5, 0.6) is 0 Å². The van der Waals surface area contributed by atoms with Crippen molar-refractivity contribution in [1.29, 1.82) is 0 Å². The van der Waals surface area contributed by atoms with Crippen molar-refractivity contribution in [3.63, 3.8) is 0 Å². The largest absolute Gasteiger partial charge is 0.366 e. The standard InChI is InChI=1S/C17H21N3O2/c18-16(21)14-10-8-13(9-11-14)5-4-12-19-17(22)20-15-6-2-1-3-7-15/h8-11,15H,1-3,6-7,12H2,(H2,18,21)(H2,19,20,22). The summed E-state index contributed by atoms with van der Waals surface area (Å²) in [6, 6.07) is 6.86. The predicted molar refractivity (Wildman–Crippen MR) is 85.2 cm³/mol. The van der Waals surface area contributed by atoms with E-state index < -0.39 is 5.91 Å². The molecule has 1 aromatic carbocycles. The molecule has 1 aliphatic rings. The fourth-order valence-corrected chi connectivity index (χ4v) is 2.47. The summed E-state index contributed by atoms with van der Waals surface area (Å²) in [5, 5.41) is 5.70. The van der Waals surface area contributed by atoms with Crippen LogP contribution in [0.1, 0.15) is 48.0 Å². The van der Waals surface area contributed by atoms with Gasteiger partial charge in [-0.3, -0.25) is 4.79 Å². The first-order chi connectivity index (χ1) is 10.6. The Morgan fingerprint density at radius 2 is 1.82 bits per heavy atom. The van der Waals surface area contributed by atoms with Crippen molar-refractivity contribution in [2.45, 2.75) is 38.1 Å². The molecule has 0 aromatic heterocycles. The molecule has 0 heterocycles. The molecule has 1 aromatic rings. The molecule has 116 valence electrons. The molecule has 22 heavy (non-hydrogen) atoms. The van der Waals surface area contributed by atoms with Gasteiger partial charge in [0, 0.05) is 17.2 Å². The van der Waals surface area contributed by atoms with Crippen LogP contribution in [0.3, 0.4) is 0 Å². The van der Waals surface area contributed by atoms with E-state index in [1.54, 1.807) is 24.3 Å². The summed E-state index contributed by atoms with van der Waals surface area (Å²) >= 11 is 0. The third kappa shape index (κ3) is 5.13. The van der Waals surface area contributed by atoms with Gasteiger partial charge in [0.2, 0.25) is 5.91 Å². The van der Waals surface area contributed by atoms with Crippen molar-refractivity contribution in [3.05, 3.63) is 35.4 Å². The molecule has 1 saturated carbocycles. The van der Waals surface area contributed by atoms with E-state index in [4.69, 9.17) is 5.73 Å². The van der Waals surface area contributed by atoms with E-state index in [0.29, 0.717) is 11.6 Å². The van der Waals surface area contributed by atoms with E-state index in [1.807, 2.05) is 0 Å².